The van der Waals surface area contributed by atoms with Crippen molar-refractivity contribution in [1.29, 1.82) is 0 Å². The zero-order valence-electron chi connectivity index (χ0n) is 30.5. The normalized spacial score (nSPS) is 13.7. The molecule has 47 heavy (non-hydrogen) atoms. The minimum Gasteiger partial charge on any atom is -0.693 e. The van der Waals surface area contributed by atoms with Gasteiger partial charge in [0.1, 0.15) is 17.0 Å². The molecule has 0 aliphatic carbocycles. The lowest BCUT2D eigenvalue weighted by Gasteiger charge is -2.17. The molecule has 0 aromatic heterocycles. The first-order valence-corrected chi connectivity index (χ1v) is 17.8. The van der Waals surface area contributed by atoms with Gasteiger partial charge in [-0.05, 0) is 85.4 Å². The van der Waals surface area contributed by atoms with Gasteiger partial charge >= 0.3 is 0 Å². The number of benzene rings is 1. The first-order valence-electron chi connectivity index (χ1n) is 15.3. The molecular weight excluding hydrogens is 684 g/mol. The van der Waals surface area contributed by atoms with Gasteiger partial charge in [-0.25, -0.2) is 0 Å². The lowest BCUT2D eigenvalue weighted by Crippen LogP contribution is -2.25. The van der Waals surface area contributed by atoms with Crippen molar-refractivity contribution in [2.45, 2.75) is 124 Å². The zero-order valence-corrected chi connectivity index (χ0v) is 32.9. The highest BCUT2D eigenvalue weighted by molar-refractivity contribution is 9.08. The van der Waals surface area contributed by atoms with Gasteiger partial charge in [-0.3, -0.25) is 8.98 Å². The van der Waals surface area contributed by atoms with E-state index in [1.807, 2.05) is 62.3 Å². The van der Waals surface area contributed by atoms with E-state index < -0.39 is 21.3 Å². The molecule has 0 aliphatic heterocycles. The Bertz CT molecular complexity index is 1310. The van der Waals surface area contributed by atoms with Crippen molar-refractivity contribution >= 4 is 31.8 Å². The fourth-order valence-corrected chi connectivity index (χ4v) is 3.59. The van der Waals surface area contributed by atoms with Gasteiger partial charge in [0.25, 0.3) is 10.1 Å². The average Bonchev–Trinajstić information content (AvgIpc) is 2.91. The number of ketones is 1. The second-order valence-electron chi connectivity index (χ2n) is 14.4. The molecule has 10 heteroatoms. The lowest BCUT2D eigenvalue weighted by molar-refractivity contribution is -0.117. The topological polar surface area (TPSA) is 141 Å². The molecule has 1 rings (SSSR count). The Hall–Kier alpha value is -2.20. The summed E-state index contributed by atoms with van der Waals surface area (Å²) >= 11 is 3.30. The van der Waals surface area contributed by atoms with Crippen molar-refractivity contribution in [2.75, 3.05) is 19.8 Å². The summed E-state index contributed by atoms with van der Waals surface area (Å²) in [7, 11) is -3.83. The quantitative estimate of drug-likeness (QED) is 0.0958. The van der Waals surface area contributed by atoms with Gasteiger partial charge in [0.2, 0.25) is 0 Å². The summed E-state index contributed by atoms with van der Waals surface area (Å²) in [6.07, 6.45) is 7.30. The van der Waals surface area contributed by atoms with E-state index in [-0.39, 0.29) is 53.2 Å². The van der Waals surface area contributed by atoms with Crippen LogP contribution in [-0.2, 0) is 24.4 Å². The molecule has 0 saturated heterocycles. The van der Waals surface area contributed by atoms with Crippen LogP contribution in [0.1, 0.15) is 108 Å². The van der Waals surface area contributed by atoms with Crippen molar-refractivity contribution in [3.05, 3.63) is 36.3 Å². The zero-order chi connectivity index (χ0) is 37.8. The molecule has 0 spiro atoms. The Morgan fingerprint density at radius 3 is 1.45 bits per heavy atom. The van der Waals surface area contributed by atoms with Crippen molar-refractivity contribution < 1.29 is 37.8 Å². The van der Waals surface area contributed by atoms with E-state index in [9.17, 15) is 23.4 Å². The monoisotopic (exact) mass is 741 g/mol. The van der Waals surface area contributed by atoms with E-state index in [2.05, 4.69) is 45.5 Å². The van der Waals surface area contributed by atoms with Gasteiger partial charge in [0, 0.05) is 48.6 Å². The maximum Gasteiger partial charge on any atom is 0.296 e. The summed E-state index contributed by atoms with van der Waals surface area (Å²) in [5, 5.41) is 37.0. The van der Waals surface area contributed by atoms with Gasteiger partial charge in [-0.2, -0.15) is 8.42 Å². The minimum atomic E-state index is -3.83. The Balaban J connectivity index is -0.000000667. The number of carbonyl (C=O) groups excluding carboxylic acids is 1. The van der Waals surface area contributed by atoms with Crippen molar-refractivity contribution in [1.82, 2.24) is 0 Å². The van der Waals surface area contributed by atoms with Gasteiger partial charge in [0.05, 0.1) is 11.5 Å². The minimum absolute atomic E-state index is 0.0185. The van der Waals surface area contributed by atoms with E-state index in [1.165, 1.54) is 19.1 Å². The number of Topliss-reactive ketones (excluding diaryl/α,β-unsaturated/α-hetero) is 1. The largest absolute Gasteiger partial charge is 0.693 e. The first kappa shape index (κ1) is 49.2. The summed E-state index contributed by atoms with van der Waals surface area (Å²) in [6.45, 7) is 22.0. The highest BCUT2D eigenvalue weighted by Gasteiger charge is 2.21. The van der Waals surface area contributed by atoms with E-state index in [1.54, 1.807) is 26.0 Å². The van der Waals surface area contributed by atoms with Crippen molar-refractivity contribution in [3.8, 4) is 29.6 Å². The van der Waals surface area contributed by atoms with Crippen LogP contribution in [0, 0.1) is 52.3 Å². The van der Waals surface area contributed by atoms with Crippen LogP contribution in [-0.4, -0.2) is 65.6 Å². The lowest BCUT2D eigenvalue weighted by atomic mass is 9.95. The fraction of sp³-hybridized carbons (Fsp3) is 0.649. The number of halogens is 1. The molecule has 8 nitrogen and oxygen atoms in total. The molecule has 1 aromatic carbocycles. The van der Waals surface area contributed by atoms with Crippen LogP contribution in [0.25, 0.3) is 0 Å². The number of hydrogen-bond acceptors (Lipinski definition) is 8. The molecule has 0 heterocycles. The number of carbonyl (C=O) groups is 1. The average molecular weight is 743 g/mol. The summed E-state index contributed by atoms with van der Waals surface area (Å²) in [4.78, 5) is 9.98. The molecule has 0 fully saturated rings. The Labute approximate surface area is 294 Å². The third-order valence-electron chi connectivity index (χ3n) is 5.04. The smallest absolute Gasteiger partial charge is 0.296 e. The van der Waals surface area contributed by atoms with Crippen LogP contribution in [0.15, 0.2) is 29.2 Å². The molecule has 2 atom stereocenters. The van der Waals surface area contributed by atoms with Gasteiger partial charge in [-0.15, -0.1) is 0 Å². The summed E-state index contributed by atoms with van der Waals surface area (Å²) < 4.78 is 29.2. The highest BCUT2D eigenvalue weighted by Crippen LogP contribution is 2.18. The van der Waals surface area contributed by atoms with Gasteiger partial charge < -0.3 is 32.8 Å². The van der Waals surface area contributed by atoms with Crippen LogP contribution >= 0.6 is 15.9 Å². The molecule has 2 unspecified atom stereocenters. The molecule has 1 aromatic rings. The highest BCUT2D eigenvalue weighted by atomic mass is 79.9. The number of hydrogen-bond donors (Lipinski definition) is 4. The maximum atomic E-state index is 12.1. The SMILES string of the molecule is CC(=O)CCO.CC(C)(C)C#CC(C)(O)CCO.CC(C)(C)C#CC(C)(O)CCOS(=O)(=O)c1ccc(CBr)cc1.[C-]#CC(C)(C)C. The number of rotatable bonds is 10. The molecule has 268 valence electrons. The van der Waals surface area contributed by atoms with Gasteiger partial charge in [0.15, 0.2) is 0 Å². The van der Waals surface area contributed by atoms with Gasteiger partial charge in [-0.1, -0.05) is 72.5 Å². The van der Waals surface area contributed by atoms with Crippen LogP contribution in [0.4, 0.5) is 0 Å². The molecular formula is C37H58BrO8S-. The molecule has 0 aliphatic rings. The molecule has 0 bridgehead atoms. The van der Waals surface area contributed by atoms with E-state index in [0.717, 1.165) is 5.56 Å². The number of aliphatic hydroxyl groups excluding tert-OH is 2. The number of alkyl halides is 1. The molecule has 0 saturated carbocycles. The third kappa shape index (κ3) is 33.5. The Morgan fingerprint density at radius 2 is 1.17 bits per heavy atom. The molecule has 0 radical (unpaired) electrons. The van der Waals surface area contributed by atoms with E-state index >= 15 is 0 Å². The van der Waals surface area contributed by atoms with Crippen molar-refractivity contribution in [2.24, 2.45) is 16.2 Å². The summed E-state index contributed by atoms with van der Waals surface area (Å²) in [5.74, 6) is 13.8. The standard InChI is InChI=1S/C17H23BrO4S.C10H18O2.C6H9.C4H8O2/c1-16(2,3)9-10-17(4,19)11-12-22-23(20,21)15-7-5-14(13-18)6-8-15;1-9(2,3)5-6-10(4,12)7-8-11;1-5-6(2,3)4;1-4(6)2-3-5/h5-8,19H,11-13H2,1-4H3;11-12H,7-8H2,1-4H3;2-4H3;5H,2-3H2,1H3/q;;-1;. The maximum absolute atomic E-state index is 12.1. The predicted molar refractivity (Wildman–Crippen MR) is 193 cm³/mol. The van der Waals surface area contributed by atoms with E-state index in [0.29, 0.717) is 18.2 Å². The van der Waals surface area contributed by atoms with Crippen LogP contribution < -0.4 is 0 Å². The summed E-state index contributed by atoms with van der Waals surface area (Å²) in [5.41, 5.74) is -1.73. The predicted octanol–water partition coefficient (Wildman–Crippen LogP) is 6.23. The molecule has 4 N–H and O–H groups in total. The Morgan fingerprint density at radius 1 is 0.766 bits per heavy atom. The van der Waals surface area contributed by atoms with Crippen molar-refractivity contribution in [3.63, 3.8) is 0 Å². The van der Waals surface area contributed by atoms with Crippen LogP contribution in [0.5, 0.6) is 0 Å². The Kier molecular flexibility index (Phi) is 23.5. The number of aliphatic hydroxyl groups is 4. The molecule has 0 amide bonds. The third-order valence-corrected chi connectivity index (χ3v) is 7.02. The second-order valence-corrected chi connectivity index (χ2v) is 16.6. The van der Waals surface area contributed by atoms with Crippen LogP contribution in [0.2, 0.25) is 0 Å². The first-order chi connectivity index (χ1) is 21.0. The fourth-order valence-electron chi connectivity index (χ4n) is 2.31. The van der Waals surface area contributed by atoms with E-state index in [4.69, 9.17) is 20.8 Å². The summed E-state index contributed by atoms with van der Waals surface area (Å²) in [6, 6.07) is 6.44. The second kappa shape index (κ2) is 22.4. The van der Waals surface area contributed by atoms with Crippen LogP contribution in [0.3, 0.4) is 0 Å².